The number of aromatic nitrogens is 1. The molecule has 0 atom stereocenters. The lowest BCUT2D eigenvalue weighted by molar-refractivity contribution is 0.415. The predicted octanol–water partition coefficient (Wildman–Crippen LogP) is 7.81. The highest BCUT2D eigenvalue weighted by Gasteiger charge is 2.16. The fourth-order valence-corrected chi connectivity index (χ4v) is 4.54. The monoisotopic (exact) mass is 421 g/mol. The van der Waals surface area contributed by atoms with Crippen LogP contribution < -0.4 is 4.74 Å². The van der Waals surface area contributed by atoms with Crippen LogP contribution in [0.25, 0.3) is 33.2 Å². The van der Waals surface area contributed by atoms with Crippen LogP contribution in [0.3, 0.4) is 0 Å². The minimum atomic E-state index is 0.517. The van der Waals surface area contributed by atoms with E-state index in [0.29, 0.717) is 15.8 Å². The number of nitrogens with zero attached hydrogens (tertiary/aromatic N) is 1. The van der Waals surface area contributed by atoms with Gasteiger partial charge in [-0.05, 0) is 54.7 Å². The second-order valence-electron chi connectivity index (χ2n) is 7.23. The molecule has 4 aromatic rings. The van der Waals surface area contributed by atoms with Gasteiger partial charge in [0.15, 0.2) is 0 Å². The topological polar surface area (TPSA) is 22.1 Å². The number of rotatable bonds is 3. The molecule has 2 nitrogen and oxygen atoms in total. The molecule has 0 radical (unpaired) electrons. The molecule has 0 unspecified atom stereocenters. The zero-order chi connectivity index (χ0) is 20.7. The molecular formula is C25H21Cl2NO. The van der Waals surface area contributed by atoms with Gasteiger partial charge in [0.25, 0.3) is 0 Å². The largest absolute Gasteiger partial charge is 0.495 e. The van der Waals surface area contributed by atoms with Crippen molar-refractivity contribution in [3.63, 3.8) is 0 Å². The third-order valence-electron chi connectivity index (χ3n) is 5.32. The Morgan fingerprint density at radius 3 is 1.97 bits per heavy atom. The van der Waals surface area contributed by atoms with E-state index in [2.05, 4.69) is 56.3 Å². The first-order valence-corrected chi connectivity index (χ1v) is 10.2. The number of aryl methyl sites for hydroxylation is 3. The number of hydrogen-bond donors (Lipinski definition) is 0. The van der Waals surface area contributed by atoms with Gasteiger partial charge in [-0.25, -0.2) is 0 Å². The van der Waals surface area contributed by atoms with E-state index in [4.69, 9.17) is 32.9 Å². The summed E-state index contributed by atoms with van der Waals surface area (Å²) in [6, 6.07) is 18.5. The zero-order valence-electron chi connectivity index (χ0n) is 16.8. The van der Waals surface area contributed by atoms with Crippen molar-refractivity contribution in [2.45, 2.75) is 20.8 Å². The van der Waals surface area contributed by atoms with E-state index in [1.165, 1.54) is 22.3 Å². The third kappa shape index (κ3) is 3.48. The van der Waals surface area contributed by atoms with E-state index in [0.717, 1.165) is 27.7 Å². The molecule has 0 aliphatic carbocycles. The molecule has 0 saturated carbocycles. The third-order valence-corrected chi connectivity index (χ3v) is 6.01. The molecule has 0 aliphatic heterocycles. The van der Waals surface area contributed by atoms with Crippen molar-refractivity contribution in [2.24, 2.45) is 0 Å². The highest BCUT2D eigenvalue weighted by molar-refractivity contribution is 6.39. The first kappa shape index (κ1) is 19.8. The van der Waals surface area contributed by atoms with Gasteiger partial charge in [0, 0.05) is 22.7 Å². The fourth-order valence-electron chi connectivity index (χ4n) is 3.91. The first-order chi connectivity index (χ1) is 13.9. The van der Waals surface area contributed by atoms with Crippen LogP contribution in [-0.2, 0) is 0 Å². The van der Waals surface area contributed by atoms with Crippen molar-refractivity contribution in [1.29, 1.82) is 0 Å². The van der Waals surface area contributed by atoms with Crippen molar-refractivity contribution < 1.29 is 4.74 Å². The Morgan fingerprint density at radius 1 is 0.793 bits per heavy atom. The Bertz CT molecular complexity index is 1210. The van der Waals surface area contributed by atoms with Crippen LogP contribution in [0.15, 0.2) is 54.6 Å². The summed E-state index contributed by atoms with van der Waals surface area (Å²) >= 11 is 13.1. The number of ether oxygens (including phenoxy) is 1. The van der Waals surface area contributed by atoms with Gasteiger partial charge < -0.3 is 4.74 Å². The average Bonchev–Trinajstić information content (AvgIpc) is 2.69. The number of benzene rings is 3. The highest BCUT2D eigenvalue weighted by atomic mass is 35.5. The summed E-state index contributed by atoms with van der Waals surface area (Å²) in [4.78, 5) is 4.75. The standard InChI is InChI=1S/C25H21Cl2NO/c1-14-6-5-7-15(2)23(14)17-8-10-18(11-9-17)24-16(3)28-21-13-22(29-4)20(26)12-19(21)25(24)27/h5-13H,1-4H3. The number of methoxy groups -OCH3 is 1. The summed E-state index contributed by atoms with van der Waals surface area (Å²) < 4.78 is 5.31. The van der Waals surface area contributed by atoms with Gasteiger partial charge in [-0.1, -0.05) is 65.7 Å². The van der Waals surface area contributed by atoms with Gasteiger partial charge >= 0.3 is 0 Å². The number of halogens is 2. The zero-order valence-corrected chi connectivity index (χ0v) is 18.3. The molecule has 0 N–H and O–H groups in total. The van der Waals surface area contributed by atoms with Gasteiger partial charge in [0.2, 0.25) is 0 Å². The first-order valence-electron chi connectivity index (χ1n) is 9.41. The van der Waals surface area contributed by atoms with Crippen LogP contribution in [0.1, 0.15) is 16.8 Å². The van der Waals surface area contributed by atoms with E-state index < -0.39 is 0 Å². The molecular weight excluding hydrogens is 401 g/mol. The maximum absolute atomic E-state index is 6.82. The molecule has 0 bridgehead atoms. The SMILES string of the molecule is COc1cc2nc(C)c(-c3ccc(-c4c(C)cccc4C)cc3)c(Cl)c2cc1Cl. The predicted molar refractivity (Wildman–Crippen MR) is 123 cm³/mol. The molecule has 29 heavy (non-hydrogen) atoms. The number of fused-ring (bicyclic) bond motifs is 1. The Balaban J connectivity index is 1.85. The van der Waals surface area contributed by atoms with E-state index in [1.807, 2.05) is 19.1 Å². The van der Waals surface area contributed by atoms with Crippen molar-refractivity contribution in [2.75, 3.05) is 7.11 Å². The van der Waals surface area contributed by atoms with Gasteiger partial charge in [-0.15, -0.1) is 0 Å². The Morgan fingerprint density at radius 2 is 1.38 bits per heavy atom. The maximum Gasteiger partial charge on any atom is 0.139 e. The minimum absolute atomic E-state index is 0.517. The van der Waals surface area contributed by atoms with Crippen molar-refractivity contribution in [1.82, 2.24) is 4.98 Å². The molecule has 1 heterocycles. The molecule has 4 rings (SSSR count). The molecule has 1 aromatic heterocycles. The average molecular weight is 422 g/mol. The smallest absolute Gasteiger partial charge is 0.139 e. The molecule has 0 aliphatic rings. The van der Waals surface area contributed by atoms with Crippen molar-refractivity contribution in [3.8, 4) is 28.0 Å². The van der Waals surface area contributed by atoms with Crippen LogP contribution in [0.4, 0.5) is 0 Å². The lowest BCUT2D eigenvalue weighted by Gasteiger charge is -2.14. The maximum atomic E-state index is 6.82. The van der Waals surface area contributed by atoms with E-state index >= 15 is 0 Å². The quantitative estimate of drug-likeness (QED) is 0.336. The van der Waals surface area contributed by atoms with Gasteiger partial charge in [0.05, 0.1) is 22.7 Å². The van der Waals surface area contributed by atoms with Gasteiger partial charge in [-0.3, -0.25) is 4.98 Å². The lowest BCUT2D eigenvalue weighted by Crippen LogP contribution is -1.94. The van der Waals surface area contributed by atoms with Crippen LogP contribution in [0.5, 0.6) is 5.75 Å². The van der Waals surface area contributed by atoms with E-state index in [-0.39, 0.29) is 0 Å². The van der Waals surface area contributed by atoms with E-state index in [1.54, 1.807) is 7.11 Å². The Hall–Kier alpha value is -2.55. The summed E-state index contributed by atoms with van der Waals surface area (Å²) in [5.74, 6) is 0.591. The molecule has 3 aromatic carbocycles. The fraction of sp³-hybridized carbons (Fsp3) is 0.160. The van der Waals surface area contributed by atoms with Gasteiger partial charge in [0.1, 0.15) is 5.75 Å². The lowest BCUT2D eigenvalue weighted by atomic mass is 9.93. The highest BCUT2D eigenvalue weighted by Crippen LogP contribution is 2.40. The normalized spacial score (nSPS) is 11.1. The second-order valence-corrected chi connectivity index (χ2v) is 8.02. The summed E-state index contributed by atoms with van der Waals surface area (Å²) in [6.07, 6.45) is 0. The van der Waals surface area contributed by atoms with Crippen molar-refractivity contribution >= 4 is 34.1 Å². The van der Waals surface area contributed by atoms with Crippen molar-refractivity contribution in [3.05, 3.63) is 81.5 Å². The summed E-state index contributed by atoms with van der Waals surface area (Å²) in [5.41, 5.74) is 8.59. The number of hydrogen-bond acceptors (Lipinski definition) is 2. The van der Waals surface area contributed by atoms with E-state index in [9.17, 15) is 0 Å². The van der Waals surface area contributed by atoms with Gasteiger partial charge in [-0.2, -0.15) is 0 Å². The Labute approximate surface area is 181 Å². The second kappa shape index (κ2) is 7.70. The number of pyridine rings is 1. The summed E-state index contributed by atoms with van der Waals surface area (Å²) in [6.45, 7) is 6.26. The molecule has 0 saturated heterocycles. The van der Waals surface area contributed by atoms with Crippen LogP contribution in [0.2, 0.25) is 10.0 Å². The van der Waals surface area contributed by atoms with Crippen LogP contribution in [0, 0.1) is 20.8 Å². The minimum Gasteiger partial charge on any atom is -0.495 e. The molecule has 0 spiro atoms. The Kier molecular flexibility index (Phi) is 5.24. The molecule has 0 fully saturated rings. The summed E-state index contributed by atoms with van der Waals surface area (Å²) in [7, 11) is 1.59. The summed E-state index contributed by atoms with van der Waals surface area (Å²) in [5, 5.41) is 1.98. The molecule has 146 valence electrons. The molecule has 0 amide bonds. The molecule has 4 heteroatoms. The van der Waals surface area contributed by atoms with Crippen LogP contribution >= 0.6 is 23.2 Å². The van der Waals surface area contributed by atoms with Crippen LogP contribution in [-0.4, -0.2) is 12.1 Å².